The number of rotatable bonds is 7. The Hall–Kier alpha value is -0.0875. The van der Waals surface area contributed by atoms with E-state index in [1.165, 1.54) is 23.4 Å². The van der Waals surface area contributed by atoms with E-state index < -0.39 is 0 Å². The van der Waals surface area contributed by atoms with E-state index in [2.05, 4.69) is 18.8 Å². The molecule has 0 aliphatic carbocycles. The third-order valence-corrected chi connectivity index (χ3v) is 4.05. The summed E-state index contributed by atoms with van der Waals surface area (Å²) in [4.78, 5) is 13.7. The molecule has 0 spiro atoms. The topological polar surface area (TPSA) is 29.4 Å². The summed E-state index contributed by atoms with van der Waals surface area (Å²) in [7, 11) is 0. The molecule has 13 heavy (non-hydrogen) atoms. The molecule has 0 heterocycles. The van der Waals surface area contributed by atoms with Gasteiger partial charge in [-0.25, -0.2) is 0 Å². The molecule has 0 saturated heterocycles. The molecule has 3 heteroatoms. The van der Waals surface area contributed by atoms with Gasteiger partial charge in [-0.1, -0.05) is 0 Å². The first-order valence-electron chi connectivity index (χ1n) is 4.87. The van der Waals surface area contributed by atoms with Crippen LogP contribution in [0.3, 0.4) is 0 Å². The molecular formula is C10H19CrNO. The molecule has 0 amide bonds. The normalized spacial score (nSPS) is 14.7. The molecule has 0 bridgehead atoms. The minimum absolute atomic E-state index is 0.148. The maximum absolute atomic E-state index is 10.0. The van der Waals surface area contributed by atoms with Gasteiger partial charge in [0.1, 0.15) is 0 Å². The van der Waals surface area contributed by atoms with Crippen LogP contribution in [-0.4, -0.2) is 12.1 Å². The van der Waals surface area contributed by atoms with Crippen molar-refractivity contribution in [2.24, 2.45) is 10.9 Å². The SMILES string of the molecule is CC[CH2][Cr][CH2]CC(C)C(C)N=C=O. The molecule has 2 atom stereocenters. The van der Waals surface area contributed by atoms with E-state index in [-0.39, 0.29) is 6.04 Å². The second kappa shape index (κ2) is 8.51. The molecule has 0 N–H and O–H groups in total. The average molecular weight is 221 g/mol. The summed E-state index contributed by atoms with van der Waals surface area (Å²) >= 11 is 0.799. The van der Waals surface area contributed by atoms with Gasteiger partial charge in [0.05, 0.1) is 0 Å². The Labute approximate surface area is 87.5 Å². The van der Waals surface area contributed by atoms with Crippen LogP contribution in [0.2, 0.25) is 10.6 Å². The van der Waals surface area contributed by atoms with Crippen LogP contribution in [0.25, 0.3) is 0 Å². The predicted octanol–water partition coefficient (Wildman–Crippen LogP) is 3.07. The summed E-state index contributed by atoms with van der Waals surface area (Å²) in [5, 5.41) is 2.70. The van der Waals surface area contributed by atoms with E-state index in [9.17, 15) is 4.79 Å². The number of hydrogen-bond acceptors (Lipinski definition) is 2. The molecule has 0 aromatic heterocycles. The number of hydrogen-bond donors (Lipinski definition) is 0. The van der Waals surface area contributed by atoms with E-state index in [0.29, 0.717) is 5.92 Å². The van der Waals surface area contributed by atoms with Crippen molar-refractivity contribution in [1.82, 2.24) is 0 Å². The van der Waals surface area contributed by atoms with Crippen LogP contribution in [0, 0.1) is 5.92 Å². The first-order valence-corrected chi connectivity index (χ1v) is 6.67. The quantitative estimate of drug-likeness (QED) is 0.369. The van der Waals surface area contributed by atoms with Gasteiger partial charge < -0.3 is 0 Å². The maximum atomic E-state index is 10.0. The number of nitrogens with zero attached hydrogens (tertiary/aromatic N) is 1. The van der Waals surface area contributed by atoms with Gasteiger partial charge in [0.15, 0.2) is 0 Å². The van der Waals surface area contributed by atoms with Crippen molar-refractivity contribution in [2.75, 3.05) is 0 Å². The molecule has 2 nitrogen and oxygen atoms in total. The number of carbonyl (C=O) groups excluding carboxylic acids is 1. The van der Waals surface area contributed by atoms with Crippen molar-refractivity contribution in [3.8, 4) is 0 Å². The van der Waals surface area contributed by atoms with Crippen molar-refractivity contribution in [2.45, 2.75) is 50.2 Å². The van der Waals surface area contributed by atoms with Crippen molar-refractivity contribution < 1.29 is 20.0 Å². The Morgan fingerprint density at radius 3 is 2.62 bits per heavy atom. The summed E-state index contributed by atoms with van der Waals surface area (Å²) in [5.41, 5.74) is 0. The van der Waals surface area contributed by atoms with Crippen molar-refractivity contribution >= 4 is 6.08 Å². The standard InChI is InChI=1S/C7H12NO.C3H7.Cr/c1-4-6(2)7(3)8-5-9;1-3-2;/h6-7H,1,4H2,2-3H3;1,3H2,2H3;. The van der Waals surface area contributed by atoms with Crippen molar-refractivity contribution in [3.63, 3.8) is 0 Å². The van der Waals surface area contributed by atoms with E-state index >= 15 is 0 Å². The van der Waals surface area contributed by atoms with Crippen molar-refractivity contribution in [3.05, 3.63) is 0 Å². The minimum atomic E-state index is 0.148. The predicted molar refractivity (Wildman–Crippen MR) is 51.3 cm³/mol. The molecule has 0 aliphatic heterocycles. The van der Waals surface area contributed by atoms with Gasteiger partial charge in [-0.15, -0.1) is 0 Å². The molecular weight excluding hydrogens is 202 g/mol. The van der Waals surface area contributed by atoms with Gasteiger partial charge in [0, 0.05) is 0 Å². The van der Waals surface area contributed by atoms with E-state index in [0.717, 1.165) is 15.2 Å². The fourth-order valence-corrected chi connectivity index (χ4v) is 2.58. The zero-order chi connectivity index (χ0) is 10.1. The fourth-order valence-electron chi connectivity index (χ4n) is 0.967. The zero-order valence-corrected chi connectivity index (χ0v) is 10.0. The van der Waals surface area contributed by atoms with Crippen LogP contribution < -0.4 is 0 Å². The monoisotopic (exact) mass is 221 g/mol. The molecule has 76 valence electrons. The van der Waals surface area contributed by atoms with Gasteiger partial charge >= 0.3 is 87.2 Å². The third-order valence-electron chi connectivity index (χ3n) is 2.15. The molecule has 0 fully saturated rings. The third kappa shape index (κ3) is 7.02. The van der Waals surface area contributed by atoms with Crippen LogP contribution in [0.5, 0.6) is 0 Å². The van der Waals surface area contributed by atoms with E-state index in [1.807, 2.05) is 6.92 Å². The molecule has 0 rings (SSSR count). The molecule has 0 saturated carbocycles. The number of aliphatic imine (C=N–C) groups is 1. The van der Waals surface area contributed by atoms with Crippen LogP contribution in [0.1, 0.15) is 33.6 Å². The first kappa shape index (κ1) is 12.9. The van der Waals surface area contributed by atoms with Gasteiger partial charge in [-0.05, 0) is 0 Å². The summed E-state index contributed by atoms with van der Waals surface area (Å²) in [6, 6.07) is 0.148. The molecule has 0 aliphatic rings. The van der Waals surface area contributed by atoms with E-state index in [1.54, 1.807) is 6.08 Å². The van der Waals surface area contributed by atoms with Crippen LogP contribution in [0.15, 0.2) is 4.99 Å². The van der Waals surface area contributed by atoms with Crippen LogP contribution in [-0.2, 0) is 20.0 Å². The van der Waals surface area contributed by atoms with Gasteiger partial charge in [0.2, 0.25) is 0 Å². The molecule has 0 aromatic rings. The van der Waals surface area contributed by atoms with Gasteiger partial charge in [-0.2, -0.15) is 0 Å². The Morgan fingerprint density at radius 2 is 2.08 bits per heavy atom. The zero-order valence-electron chi connectivity index (χ0n) is 8.75. The first-order chi connectivity index (χ1) is 6.22. The van der Waals surface area contributed by atoms with Crippen LogP contribution in [0.4, 0.5) is 0 Å². The Morgan fingerprint density at radius 1 is 1.38 bits per heavy atom. The Bertz CT molecular complexity index is 166. The summed E-state index contributed by atoms with van der Waals surface area (Å²) in [6.45, 7) is 6.38. The average Bonchev–Trinajstić information content (AvgIpc) is 2.12. The summed E-state index contributed by atoms with van der Waals surface area (Å²) < 4.78 is 0. The second-order valence-corrected chi connectivity index (χ2v) is 5.25. The van der Waals surface area contributed by atoms with Crippen LogP contribution >= 0.6 is 0 Å². The van der Waals surface area contributed by atoms with Crippen molar-refractivity contribution in [1.29, 1.82) is 0 Å². The molecule has 0 radical (unpaired) electrons. The van der Waals surface area contributed by atoms with Gasteiger partial charge in [-0.3, -0.25) is 0 Å². The Kier molecular flexibility index (Phi) is 8.45. The second-order valence-electron chi connectivity index (χ2n) is 3.34. The Balaban J connectivity index is 3.49. The molecule has 0 aromatic carbocycles. The van der Waals surface area contributed by atoms with E-state index in [4.69, 9.17) is 0 Å². The summed E-state index contributed by atoms with van der Waals surface area (Å²) in [6.07, 6.45) is 4.13. The van der Waals surface area contributed by atoms with Gasteiger partial charge in [0.25, 0.3) is 0 Å². The fraction of sp³-hybridized carbons (Fsp3) is 0.900. The summed E-state index contributed by atoms with van der Waals surface area (Å²) in [5.74, 6) is 0.528. The molecule has 2 unspecified atom stereocenters. The number of isocyanates is 1.